The monoisotopic (exact) mass is 339 g/mol. The molecule has 2 aromatic heterocycles. The fourth-order valence-electron chi connectivity index (χ4n) is 3.94. The fraction of sp³-hybridized carbons (Fsp3) is 0.500. The van der Waals surface area contributed by atoms with Crippen LogP contribution in [0.5, 0.6) is 0 Å². The number of aromatic nitrogens is 2. The summed E-state index contributed by atoms with van der Waals surface area (Å²) in [6.07, 6.45) is 4.27. The van der Waals surface area contributed by atoms with E-state index in [2.05, 4.69) is 27.0 Å². The van der Waals surface area contributed by atoms with Gasteiger partial charge in [-0.05, 0) is 44.0 Å². The summed E-state index contributed by atoms with van der Waals surface area (Å²) in [5.41, 5.74) is 3.19. The largest absolute Gasteiger partial charge is 0.373 e. The molecule has 0 unspecified atom stereocenters. The number of rotatable bonds is 5. The summed E-state index contributed by atoms with van der Waals surface area (Å²) in [7, 11) is 0. The fourth-order valence-corrected chi connectivity index (χ4v) is 3.94. The van der Waals surface area contributed by atoms with Gasteiger partial charge in [-0.1, -0.05) is 12.1 Å². The van der Waals surface area contributed by atoms with Gasteiger partial charge in [0.2, 0.25) is 0 Å². The highest BCUT2D eigenvalue weighted by Crippen LogP contribution is 2.33. The Hall–Kier alpha value is -1.82. The number of aryl methyl sites for hydroxylation is 1. The lowest BCUT2D eigenvalue weighted by Crippen LogP contribution is -2.51. The number of ether oxygens (including phenoxy) is 2. The van der Waals surface area contributed by atoms with Crippen molar-refractivity contribution in [1.29, 1.82) is 0 Å². The topological polar surface area (TPSA) is 47.5 Å². The van der Waals surface area contributed by atoms with Crippen molar-refractivity contribution in [1.82, 2.24) is 14.9 Å². The second kappa shape index (κ2) is 7.60. The lowest BCUT2D eigenvalue weighted by molar-refractivity contribution is -0.119. The first-order chi connectivity index (χ1) is 12.3. The maximum absolute atomic E-state index is 6.15. The van der Waals surface area contributed by atoms with E-state index in [9.17, 15) is 0 Å². The standard InChI is InChI=1S/C20H25N3O2/c1-15-5-4-7-16(22-15)13-23-11-12-24-20-18(23)8-9-19(20)25-14-17-6-2-3-10-21-17/h2-7,10,18-20H,8-9,11-14H2,1H3/t18-,19-,20+/m0/s1. The van der Waals surface area contributed by atoms with E-state index < -0.39 is 0 Å². The molecule has 0 amide bonds. The SMILES string of the molecule is Cc1cccc(CN2CCO[C@H]3[C@@H](OCc4ccccn4)CC[C@@H]32)n1. The molecule has 25 heavy (non-hydrogen) atoms. The second-order valence-corrected chi connectivity index (χ2v) is 6.89. The maximum atomic E-state index is 6.15. The Labute approximate surface area is 149 Å². The second-order valence-electron chi connectivity index (χ2n) is 6.89. The normalized spacial score (nSPS) is 26.5. The Bertz CT molecular complexity index is 694. The molecule has 5 heteroatoms. The van der Waals surface area contributed by atoms with Crippen LogP contribution in [0.4, 0.5) is 0 Å². The number of pyridine rings is 2. The minimum Gasteiger partial charge on any atom is -0.373 e. The molecule has 3 heterocycles. The maximum Gasteiger partial charge on any atom is 0.0992 e. The summed E-state index contributed by atoms with van der Waals surface area (Å²) in [4.78, 5) is 11.5. The third kappa shape index (κ3) is 3.89. The van der Waals surface area contributed by atoms with Gasteiger partial charge in [-0.3, -0.25) is 14.9 Å². The van der Waals surface area contributed by atoms with E-state index in [0.29, 0.717) is 12.6 Å². The quantitative estimate of drug-likeness (QED) is 0.838. The van der Waals surface area contributed by atoms with Crippen LogP contribution in [0.15, 0.2) is 42.6 Å². The van der Waals surface area contributed by atoms with Gasteiger partial charge < -0.3 is 9.47 Å². The van der Waals surface area contributed by atoms with Crippen molar-refractivity contribution >= 4 is 0 Å². The van der Waals surface area contributed by atoms with Gasteiger partial charge in [0, 0.05) is 31.0 Å². The van der Waals surface area contributed by atoms with Crippen molar-refractivity contribution in [3.63, 3.8) is 0 Å². The molecule has 2 fully saturated rings. The first-order valence-electron chi connectivity index (χ1n) is 9.09. The highest BCUT2D eigenvalue weighted by atomic mass is 16.5. The van der Waals surface area contributed by atoms with Crippen LogP contribution in [-0.4, -0.2) is 46.3 Å². The average Bonchev–Trinajstić information content (AvgIpc) is 3.05. The van der Waals surface area contributed by atoms with Crippen molar-refractivity contribution in [2.24, 2.45) is 0 Å². The summed E-state index contributed by atoms with van der Waals surface area (Å²) >= 11 is 0. The van der Waals surface area contributed by atoms with Crippen molar-refractivity contribution in [3.05, 3.63) is 59.7 Å². The molecule has 2 aromatic rings. The van der Waals surface area contributed by atoms with Gasteiger partial charge in [0.25, 0.3) is 0 Å². The molecule has 4 rings (SSSR count). The zero-order valence-corrected chi connectivity index (χ0v) is 14.7. The highest BCUT2D eigenvalue weighted by Gasteiger charge is 2.43. The predicted molar refractivity (Wildman–Crippen MR) is 95.0 cm³/mol. The Morgan fingerprint density at radius 1 is 1.16 bits per heavy atom. The molecule has 0 radical (unpaired) electrons. The first-order valence-corrected chi connectivity index (χ1v) is 9.09. The Morgan fingerprint density at radius 2 is 2.08 bits per heavy atom. The Kier molecular flexibility index (Phi) is 5.06. The van der Waals surface area contributed by atoms with E-state index in [1.807, 2.05) is 37.4 Å². The molecule has 0 N–H and O–H groups in total. The van der Waals surface area contributed by atoms with Gasteiger partial charge in [-0.15, -0.1) is 0 Å². The summed E-state index contributed by atoms with van der Waals surface area (Å²) < 4.78 is 12.2. The van der Waals surface area contributed by atoms with E-state index in [1.54, 1.807) is 0 Å². The van der Waals surface area contributed by atoms with Crippen molar-refractivity contribution in [3.8, 4) is 0 Å². The summed E-state index contributed by atoms with van der Waals surface area (Å²) in [5.74, 6) is 0. The molecule has 0 bridgehead atoms. The Morgan fingerprint density at radius 3 is 2.92 bits per heavy atom. The van der Waals surface area contributed by atoms with Gasteiger partial charge in [0.1, 0.15) is 0 Å². The van der Waals surface area contributed by atoms with Gasteiger partial charge in [0.15, 0.2) is 0 Å². The third-order valence-corrected chi connectivity index (χ3v) is 5.13. The summed E-state index contributed by atoms with van der Waals surface area (Å²) in [5, 5.41) is 0. The highest BCUT2D eigenvalue weighted by molar-refractivity contribution is 5.11. The van der Waals surface area contributed by atoms with Crippen molar-refractivity contribution < 1.29 is 9.47 Å². The third-order valence-electron chi connectivity index (χ3n) is 5.13. The minimum absolute atomic E-state index is 0.153. The molecular weight excluding hydrogens is 314 g/mol. The van der Waals surface area contributed by atoms with E-state index in [0.717, 1.165) is 49.6 Å². The van der Waals surface area contributed by atoms with Gasteiger partial charge in [-0.2, -0.15) is 0 Å². The molecular formula is C20H25N3O2. The van der Waals surface area contributed by atoms with Crippen LogP contribution in [-0.2, 0) is 22.6 Å². The van der Waals surface area contributed by atoms with E-state index in [-0.39, 0.29) is 12.2 Å². The molecule has 5 nitrogen and oxygen atoms in total. The van der Waals surface area contributed by atoms with E-state index in [1.165, 1.54) is 0 Å². The Balaban J connectivity index is 1.38. The summed E-state index contributed by atoms with van der Waals surface area (Å²) in [6.45, 7) is 5.21. The minimum atomic E-state index is 0.153. The predicted octanol–water partition coefficient (Wildman–Crippen LogP) is 2.73. The first kappa shape index (κ1) is 16.6. The van der Waals surface area contributed by atoms with Crippen LogP contribution >= 0.6 is 0 Å². The number of nitrogens with zero attached hydrogens (tertiary/aromatic N) is 3. The molecule has 3 atom stereocenters. The van der Waals surface area contributed by atoms with Gasteiger partial charge >= 0.3 is 0 Å². The zero-order chi connectivity index (χ0) is 17.1. The molecule has 132 valence electrons. The molecule has 0 aromatic carbocycles. The zero-order valence-electron chi connectivity index (χ0n) is 14.7. The average molecular weight is 339 g/mol. The van der Waals surface area contributed by atoms with Gasteiger partial charge in [-0.25, -0.2) is 0 Å². The van der Waals surface area contributed by atoms with Crippen LogP contribution in [0, 0.1) is 6.92 Å². The smallest absolute Gasteiger partial charge is 0.0992 e. The number of fused-ring (bicyclic) bond motifs is 1. The van der Waals surface area contributed by atoms with Crippen molar-refractivity contribution in [2.45, 2.75) is 51.2 Å². The number of morpholine rings is 1. The molecule has 1 aliphatic heterocycles. The molecule has 1 saturated heterocycles. The lowest BCUT2D eigenvalue weighted by Gasteiger charge is -2.38. The van der Waals surface area contributed by atoms with Crippen LogP contribution in [0.2, 0.25) is 0 Å². The van der Waals surface area contributed by atoms with Crippen molar-refractivity contribution in [2.75, 3.05) is 13.2 Å². The molecule has 1 saturated carbocycles. The summed E-state index contributed by atoms with van der Waals surface area (Å²) in [6, 6.07) is 12.6. The van der Waals surface area contributed by atoms with Crippen LogP contribution in [0.25, 0.3) is 0 Å². The van der Waals surface area contributed by atoms with Crippen LogP contribution in [0.3, 0.4) is 0 Å². The lowest BCUT2D eigenvalue weighted by atomic mass is 10.1. The number of hydrogen-bond donors (Lipinski definition) is 0. The van der Waals surface area contributed by atoms with E-state index >= 15 is 0 Å². The molecule has 1 aliphatic carbocycles. The van der Waals surface area contributed by atoms with Crippen LogP contribution < -0.4 is 0 Å². The number of hydrogen-bond acceptors (Lipinski definition) is 5. The molecule has 2 aliphatic rings. The van der Waals surface area contributed by atoms with E-state index in [4.69, 9.17) is 9.47 Å². The molecule has 0 spiro atoms. The van der Waals surface area contributed by atoms with Gasteiger partial charge in [0.05, 0.1) is 36.8 Å². The van der Waals surface area contributed by atoms with Crippen LogP contribution in [0.1, 0.15) is 29.9 Å².